The Labute approximate surface area is 57.2 Å². The van der Waals surface area contributed by atoms with Gasteiger partial charge in [0.05, 0.1) is 0 Å². The minimum absolute atomic E-state index is 0.940. The van der Waals surface area contributed by atoms with Crippen LogP contribution in [0.15, 0.2) is 4.99 Å². The zero-order chi connectivity index (χ0) is 6.69. The predicted octanol–water partition coefficient (Wildman–Crippen LogP) is 2.27. The molecule has 1 aliphatic rings. The van der Waals surface area contributed by atoms with Crippen molar-refractivity contribution in [3.8, 4) is 0 Å². The summed E-state index contributed by atoms with van der Waals surface area (Å²) in [5.41, 5.74) is 1.42. The van der Waals surface area contributed by atoms with Crippen LogP contribution in [-0.2, 0) is 0 Å². The summed E-state index contributed by atoms with van der Waals surface area (Å²) in [6.45, 7) is 2.33. The van der Waals surface area contributed by atoms with Crippen molar-refractivity contribution in [3.05, 3.63) is 0 Å². The highest BCUT2D eigenvalue weighted by molar-refractivity contribution is 5.84. The first-order chi connectivity index (χ1) is 4.33. The van der Waals surface area contributed by atoms with Crippen molar-refractivity contribution in [2.75, 3.05) is 7.05 Å². The Morgan fingerprint density at radius 1 is 1.33 bits per heavy atom. The van der Waals surface area contributed by atoms with Crippen LogP contribution < -0.4 is 0 Å². The van der Waals surface area contributed by atoms with Gasteiger partial charge in [-0.25, -0.2) is 0 Å². The highest BCUT2D eigenvalue weighted by atomic mass is 14.7. The van der Waals surface area contributed by atoms with Gasteiger partial charge in [0.15, 0.2) is 0 Å². The van der Waals surface area contributed by atoms with Gasteiger partial charge in [0.2, 0.25) is 0 Å². The van der Waals surface area contributed by atoms with Gasteiger partial charge in [-0.3, -0.25) is 4.99 Å². The molecule has 0 aromatic rings. The molecule has 0 N–H and O–H groups in total. The molecule has 0 aliphatic heterocycles. The van der Waals surface area contributed by atoms with E-state index in [-0.39, 0.29) is 0 Å². The number of hydrogen-bond acceptors (Lipinski definition) is 1. The Hall–Kier alpha value is -0.330. The molecule has 0 amide bonds. The Morgan fingerprint density at radius 2 is 1.89 bits per heavy atom. The largest absolute Gasteiger partial charge is 0.297 e. The number of nitrogens with zero attached hydrogens (tertiary/aromatic N) is 1. The molecule has 0 heterocycles. The van der Waals surface area contributed by atoms with E-state index in [2.05, 4.69) is 11.9 Å². The second-order valence-corrected chi connectivity index (χ2v) is 2.97. The van der Waals surface area contributed by atoms with E-state index >= 15 is 0 Å². The Kier molecular flexibility index (Phi) is 2.26. The van der Waals surface area contributed by atoms with E-state index in [0.717, 1.165) is 5.92 Å². The minimum Gasteiger partial charge on any atom is -0.297 e. The highest BCUT2D eigenvalue weighted by Gasteiger charge is 2.11. The third kappa shape index (κ3) is 1.81. The minimum atomic E-state index is 0.940. The molecule has 1 saturated carbocycles. The van der Waals surface area contributed by atoms with Crippen molar-refractivity contribution in [2.45, 2.75) is 32.6 Å². The molecule has 1 aliphatic carbocycles. The third-order valence-corrected chi connectivity index (χ3v) is 2.17. The van der Waals surface area contributed by atoms with Crippen LogP contribution in [0.1, 0.15) is 32.6 Å². The number of rotatable bonds is 0. The number of hydrogen-bond donors (Lipinski definition) is 0. The van der Waals surface area contributed by atoms with Crippen molar-refractivity contribution in [1.82, 2.24) is 0 Å². The summed E-state index contributed by atoms with van der Waals surface area (Å²) in [6.07, 6.45) is 5.20. The van der Waals surface area contributed by atoms with Gasteiger partial charge in [-0.15, -0.1) is 0 Å². The lowest BCUT2D eigenvalue weighted by Gasteiger charge is -2.18. The molecule has 0 radical (unpaired) electrons. The van der Waals surface area contributed by atoms with Crippen molar-refractivity contribution >= 4 is 5.71 Å². The number of aliphatic imine (C=N–C) groups is 1. The summed E-state index contributed by atoms with van der Waals surface area (Å²) in [6, 6.07) is 0. The molecule has 0 aromatic heterocycles. The van der Waals surface area contributed by atoms with E-state index in [1.165, 1.54) is 31.4 Å². The van der Waals surface area contributed by atoms with Crippen LogP contribution in [0.3, 0.4) is 0 Å². The second-order valence-electron chi connectivity index (χ2n) is 2.97. The van der Waals surface area contributed by atoms with E-state index in [0.29, 0.717) is 0 Å². The van der Waals surface area contributed by atoms with Gasteiger partial charge in [0.25, 0.3) is 0 Å². The van der Waals surface area contributed by atoms with Crippen LogP contribution in [0.5, 0.6) is 0 Å². The van der Waals surface area contributed by atoms with Crippen LogP contribution in [0.25, 0.3) is 0 Å². The second kappa shape index (κ2) is 3.00. The molecule has 1 rings (SSSR count). The van der Waals surface area contributed by atoms with Crippen molar-refractivity contribution in [2.24, 2.45) is 10.9 Å². The molecule has 0 bridgehead atoms. The monoisotopic (exact) mass is 125 g/mol. The zero-order valence-corrected chi connectivity index (χ0v) is 6.35. The third-order valence-electron chi connectivity index (χ3n) is 2.17. The summed E-state index contributed by atoms with van der Waals surface area (Å²) >= 11 is 0. The van der Waals surface area contributed by atoms with E-state index < -0.39 is 0 Å². The van der Waals surface area contributed by atoms with Gasteiger partial charge in [-0.2, -0.15) is 0 Å². The van der Waals surface area contributed by atoms with Crippen LogP contribution in [-0.4, -0.2) is 12.8 Å². The van der Waals surface area contributed by atoms with Crippen LogP contribution >= 0.6 is 0 Å². The summed E-state index contributed by atoms with van der Waals surface area (Å²) in [5, 5.41) is 0. The molecule has 1 heteroatoms. The quantitative estimate of drug-likeness (QED) is 0.471. The molecular weight excluding hydrogens is 110 g/mol. The van der Waals surface area contributed by atoms with Gasteiger partial charge in [0, 0.05) is 12.8 Å². The fourth-order valence-electron chi connectivity index (χ4n) is 1.32. The molecule has 0 spiro atoms. The zero-order valence-electron chi connectivity index (χ0n) is 6.35. The molecule has 0 unspecified atom stereocenters. The fraction of sp³-hybridized carbons (Fsp3) is 0.875. The summed E-state index contributed by atoms with van der Waals surface area (Å²) < 4.78 is 0. The molecular formula is C8H15N. The normalized spacial score (nSPS) is 28.2. The molecule has 0 atom stereocenters. The maximum Gasteiger partial charge on any atom is 0.0276 e. The molecule has 0 saturated heterocycles. The van der Waals surface area contributed by atoms with Gasteiger partial charge in [-0.05, 0) is 31.6 Å². The van der Waals surface area contributed by atoms with Gasteiger partial charge < -0.3 is 0 Å². The van der Waals surface area contributed by atoms with Crippen molar-refractivity contribution in [3.63, 3.8) is 0 Å². The van der Waals surface area contributed by atoms with Gasteiger partial charge in [0.1, 0.15) is 0 Å². The van der Waals surface area contributed by atoms with Gasteiger partial charge in [-0.1, -0.05) is 6.92 Å². The first-order valence-electron chi connectivity index (χ1n) is 3.77. The summed E-state index contributed by atoms with van der Waals surface area (Å²) in [7, 11) is 1.91. The summed E-state index contributed by atoms with van der Waals surface area (Å²) in [5.74, 6) is 0.940. The Bertz CT molecular complexity index is 106. The maximum atomic E-state index is 4.20. The Morgan fingerprint density at radius 3 is 2.33 bits per heavy atom. The standard InChI is InChI=1S/C8H15N/c1-7-3-5-8(9-2)6-4-7/h7H,3-6H2,1-2H3. The molecule has 1 nitrogen and oxygen atoms in total. The van der Waals surface area contributed by atoms with E-state index in [4.69, 9.17) is 0 Å². The van der Waals surface area contributed by atoms with E-state index in [1.54, 1.807) is 0 Å². The molecule has 52 valence electrons. The molecule has 9 heavy (non-hydrogen) atoms. The smallest absolute Gasteiger partial charge is 0.0276 e. The lowest BCUT2D eigenvalue weighted by molar-refractivity contribution is 0.483. The first-order valence-corrected chi connectivity index (χ1v) is 3.77. The Balaban J connectivity index is 2.35. The first kappa shape index (κ1) is 6.79. The maximum absolute atomic E-state index is 4.20. The van der Waals surface area contributed by atoms with Gasteiger partial charge >= 0.3 is 0 Å². The van der Waals surface area contributed by atoms with Crippen LogP contribution in [0, 0.1) is 5.92 Å². The lowest BCUT2D eigenvalue weighted by atomic mass is 9.89. The van der Waals surface area contributed by atoms with Crippen molar-refractivity contribution < 1.29 is 0 Å². The van der Waals surface area contributed by atoms with Crippen LogP contribution in [0.2, 0.25) is 0 Å². The van der Waals surface area contributed by atoms with E-state index in [9.17, 15) is 0 Å². The van der Waals surface area contributed by atoms with Crippen LogP contribution in [0.4, 0.5) is 0 Å². The van der Waals surface area contributed by atoms with E-state index in [1.807, 2.05) is 7.05 Å². The summed E-state index contributed by atoms with van der Waals surface area (Å²) in [4.78, 5) is 4.20. The van der Waals surface area contributed by atoms with Crippen molar-refractivity contribution in [1.29, 1.82) is 0 Å². The molecule has 1 fully saturated rings. The SMILES string of the molecule is CN=C1CCC(C)CC1. The predicted molar refractivity (Wildman–Crippen MR) is 41.0 cm³/mol. The lowest BCUT2D eigenvalue weighted by Crippen LogP contribution is -2.10. The average molecular weight is 125 g/mol. The molecule has 0 aromatic carbocycles. The topological polar surface area (TPSA) is 12.4 Å². The highest BCUT2D eigenvalue weighted by Crippen LogP contribution is 2.20. The fourth-order valence-corrected chi connectivity index (χ4v) is 1.32. The average Bonchev–Trinajstić information content (AvgIpc) is 1.90.